The number of nitrogens with one attached hydrogen (secondary N) is 2. The van der Waals surface area contributed by atoms with Crippen molar-refractivity contribution in [3.63, 3.8) is 0 Å². The molecule has 9 nitrogen and oxygen atoms in total. The Morgan fingerprint density at radius 3 is 2.75 bits per heavy atom. The maximum Gasteiger partial charge on any atom is 0.276 e. The van der Waals surface area contributed by atoms with Crippen molar-refractivity contribution in [3.8, 4) is 11.1 Å². The molecule has 0 unspecified atom stereocenters. The molecule has 0 atom stereocenters. The van der Waals surface area contributed by atoms with E-state index < -0.39 is 10.2 Å². The normalized spacial score (nSPS) is 21.4. The van der Waals surface area contributed by atoms with E-state index in [0.29, 0.717) is 11.9 Å². The summed E-state index contributed by atoms with van der Waals surface area (Å²) in [6.07, 6.45) is 7.28. The highest BCUT2D eigenvalue weighted by atomic mass is 32.2. The summed E-state index contributed by atoms with van der Waals surface area (Å²) in [5.41, 5.74) is 9.95. The Morgan fingerprint density at radius 1 is 1.22 bits per heavy atom. The van der Waals surface area contributed by atoms with E-state index in [1.165, 1.54) is 39.4 Å². The quantitative estimate of drug-likeness (QED) is 0.477. The zero-order valence-electron chi connectivity index (χ0n) is 18.2. The van der Waals surface area contributed by atoms with E-state index >= 15 is 0 Å². The van der Waals surface area contributed by atoms with E-state index in [-0.39, 0.29) is 6.54 Å². The zero-order valence-corrected chi connectivity index (χ0v) is 19.0. The van der Waals surface area contributed by atoms with Crippen LogP contribution in [0.25, 0.3) is 22.2 Å². The Bertz CT molecular complexity index is 1230. The SMILES string of the molecule is CNS(=O)(=O)NCc1cccc(-c2cn([C@H]3C[C@@H](CN4CCC4)C3)c3ncnc(N)c23)c1. The van der Waals surface area contributed by atoms with Gasteiger partial charge in [0.15, 0.2) is 0 Å². The number of benzene rings is 1. The van der Waals surface area contributed by atoms with Gasteiger partial charge in [0, 0.05) is 37.9 Å². The van der Waals surface area contributed by atoms with Crippen molar-refractivity contribution in [1.29, 1.82) is 0 Å². The van der Waals surface area contributed by atoms with Crippen LogP contribution < -0.4 is 15.2 Å². The first-order valence-electron chi connectivity index (χ1n) is 11.0. The fourth-order valence-electron chi connectivity index (χ4n) is 4.71. The molecule has 4 N–H and O–H groups in total. The van der Waals surface area contributed by atoms with Crippen LogP contribution >= 0.6 is 0 Å². The number of hydrogen-bond acceptors (Lipinski definition) is 6. The van der Waals surface area contributed by atoms with Gasteiger partial charge < -0.3 is 15.2 Å². The molecule has 2 aromatic heterocycles. The average molecular weight is 456 g/mol. The number of fused-ring (bicyclic) bond motifs is 1. The maximum atomic E-state index is 11.7. The zero-order chi connectivity index (χ0) is 22.3. The van der Waals surface area contributed by atoms with Gasteiger partial charge in [0.2, 0.25) is 0 Å². The molecule has 10 heteroatoms. The third-order valence-corrected chi connectivity index (χ3v) is 7.74. The fourth-order valence-corrected chi connectivity index (χ4v) is 5.21. The molecule has 5 rings (SSSR count). The summed E-state index contributed by atoms with van der Waals surface area (Å²) in [4.78, 5) is 11.3. The molecule has 0 spiro atoms. The molecule has 0 amide bonds. The van der Waals surface area contributed by atoms with Gasteiger partial charge in [-0.05, 0) is 55.5 Å². The number of nitrogens with zero attached hydrogens (tertiary/aromatic N) is 4. The number of aromatic nitrogens is 3. The van der Waals surface area contributed by atoms with Gasteiger partial charge in [-0.25, -0.2) is 14.7 Å². The second kappa shape index (κ2) is 8.43. The largest absolute Gasteiger partial charge is 0.383 e. The first-order chi connectivity index (χ1) is 15.4. The van der Waals surface area contributed by atoms with Gasteiger partial charge >= 0.3 is 0 Å². The van der Waals surface area contributed by atoms with Crippen LogP contribution in [0.15, 0.2) is 36.8 Å². The molecule has 2 aliphatic rings. The number of anilines is 1. The molecular weight excluding hydrogens is 426 g/mol. The molecule has 1 aliphatic carbocycles. The lowest BCUT2D eigenvalue weighted by atomic mass is 9.79. The number of nitrogen functional groups attached to an aromatic ring is 1. The van der Waals surface area contributed by atoms with Crippen molar-refractivity contribution in [2.45, 2.75) is 31.8 Å². The first kappa shape index (κ1) is 21.3. The highest BCUT2D eigenvalue weighted by Crippen LogP contribution is 2.43. The van der Waals surface area contributed by atoms with Crippen LogP contribution in [0.1, 0.15) is 30.9 Å². The molecular formula is C22H29N7O2S. The minimum absolute atomic E-state index is 0.197. The van der Waals surface area contributed by atoms with E-state index in [9.17, 15) is 8.42 Å². The summed E-state index contributed by atoms with van der Waals surface area (Å²) in [6, 6.07) is 8.23. The molecule has 1 aliphatic heterocycles. The van der Waals surface area contributed by atoms with Gasteiger partial charge in [-0.3, -0.25) is 0 Å². The molecule has 32 heavy (non-hydrogen) atoms. The number of nitrogens with two attached hydrogens (primary N) is 1. The van der Waals surface area contributed by atoms with Crippen molar-refractivity contribution >= 4 is 27.1 Å². The van der Waals surface area contributed by atoms with Gasteiger partial charge in [-0.1, -0.05) is 18.2 Å². The van der Waals surface area contributed by atoms with E-state index in [0.717, 1.165) is 46.5 Å². The lowest BCUT2D eigenvalue weighted by Gasteiger charge is -2.42. The van der Waals surface area contributed by atoms with Crippen LogP contribution in [-0.2, 0) is 16.8 Å². The topological polar surface area (TPSA) is 118 Å². The van der Waals surface area contributed by atoms with Crippen molar-refractivity contribution in [1.82, 2.24) is 28.9 Å². The number of likely N-dealkylation sites (tertiary alicyclic amines) is 1. The van der Waals surface area contributed by atoms with Gasteiger partial charge in [0.05, 0.1) is 5.39 Å². The monoisotopic (exact) mass is 455 g/mol. The number of hydrogen-bond donors (Lipinski definition) is 3. The van der Waals surface area contributed by atoms with Crippen molar-refractivity contribution in [3.05, 3.63) is 42.4 Å². The van der Waals surface area contributed by atoms with E-state index in [1.807, 2.05) is 24.3 Å². The summed E-state index contributed by atoms with van der Waals surface area (Å²) in [7, 11) is -2.12. The summed E-state index contributed by atoms with van der Waals surface area (Å²) in [5.74, 6) is 1.20. The second-order valence-electron chi connectivity index (χ2n) is 8.78. The second-order valence-corrected chi connectivity index (χ2v) is 10.5. The van der Waals surface area contributed by atoms with Crippen molar-refractivity contribution in [2.75, 3.05) is 32.4 Å². The standard InChI is InChI=1S/C22H29N7O2S/c1-24-32(30,31)27-11-15-4-2-5-17(8-15)19-13-29(22-20(19)21(23)25-14-26-22)18-9-16(10-18)12-28-6-3-7-28/h2,4-5,8,13-14,16,18,24,27H,3,6-7,9-12H2,1H3,(H2,23,25,26)/t16-,18+. The summed E-state index contributed by atoms with van der Waals surface area (Å²) in [6.45, 7) is 3.87. The van der Waals surface area contributed by atoms with Gasteiger partial charge in [0.1, 0.15) is 17.8 Å². The predicted molar refractivity (Wildman–Crippen MR) is 125 cm³/mol. The van der Waals surface area contributed by atoms with Gasteiger partial charge in [-0.2, -0.15) is 13.1 Å². The predicted octanol–water partition coefficient (Wildman–Crippen LogP) is 1.89. The van der Waals surface area contributed by atoms with Crippen LogP contribution in [0.5, 0.6) is 0 Å². The minimum atomic E-state index is -3.50. The van der Waals surface area contributed by atoms with E-state index in [2.05, 4.69) is 35.1 Å². The molecule has 2 fully saturated rings. The molecule has 170 valence electrons. The molecule has 1 aromatic carbocycles. The van der Waals surface area contributed by atoms with Crippen LogP contribution in [0.3, 0.4) is 0 Å². The Labute approximate surface area is 188 Å². The van der Waals surface area contributed by atoms with Gasteiger partial charge in [-0.15, -0.1) is 0 Å². The van der Waals surface area contributed by atoms with Crippen LogP contribution in [0.4, 0.5) is 5.82 Å². The molecule has 3 heterocycles. The first-order valence-corrected chi connectivity index (χ1v) is 12.5. The highest BCUT2D eigenvalue weighted by molar-refractivity contribution is 7.87. The molecule has 1 saturated carbocycles. The fraction of sp³-hybridized carbons (Fsp3) is 0.455. The van der Waals surface area contributed by atoms with Crippen molar-refractivity contribution in [2.24, 2.45) is 5.92 Å². The molecule has 1 saturated heterocycles. The lowest BCUT2D eigenvalue weighted by molar-refractivity contribution is 0.0921. The van der Waals surface area contributed by atoms with Crippen molar-refractivity contribution < 1.29 is 8.42 Å². The van der Waals surface area contributed by atoms with Gasteiger partial charge in [0.25, 0.3) is 10.2 Å². The third-order valence-electron chi connectivity index (χ3n) is 6.68. The molecule has 0 bridgehead atoms. The summed E-state index contributed by atoms with van der Waals surface area (Å²) >= 11 is 0. The molecule has 0 radical (unpaired) electrons. The van der Waals surface area contributed by atoms with Crippen LogP contribution in [0, 0.1) is 5.92 Å². The smallest absolute Gasteiger partial charge is 0.276 e. The maximum absolute atomic E-state index is 11.7. The Kier molecular flexibility index (Phi) is 5.62. The lowest BCUT2D eigenvalue weighted by Crippen LogP contribution is -2.43. The molecule has 3 aromatic rings. The Morgan fingerprint density at radius 2 is 2.03 bits per heavy atom. The third kappa shape index (κ3) is 4.11. The highest BCUT2D eigenvalue weighted by Gasteiger charge is 2.34. The number of rotatable bonds is 8. The Balaban J connectivity index is 1.43. The van der Waals surface area contributed by atoms with E-state index in [4.69, 9.17) is 5.73 Å². The summed E-state index contributed by atoms with van der Waals surface area (Å²) < 4.78 is 30.5. The Hall–Kier alpha value is -2.53. The minimum Gasteiger partial charge on any atom is -0.383 e. The van der Waals surface area contributed by atoms with Crippen LogP contribution in [0.2, 0.25) is 0 Å². The van der Waals surface area contributed by atoms with E-state index in [1.54, 1.807) is 0 Å². The summed E-state index contributed by atoms with van der Waals surface area (Å²) in [5, 5.41) is 0.853. The van der Waals surface area contributed by atoms with Crippen LogP contribution in [-0.4, -0.2) is 54.5 Å². The average Bonchev–Trinajstić information content (AvgIpc) is 3.11.